The molecule has 0 radical (unpaired) electrons. The number of nitrogens with zero attached hydrogens (tertiary/aromatic N) is 1. The molecule has 1 aromatic rings. The molecule has 1 atom stereocenters. The van der Waals surface area contributed by atoms with E-state index in [2.05, 4.69) is 45.0 Å². The topological polar surface area (TPSA) is 38.9 Å². The first kappa shape index (κ1) is 11.7. The Kier molecular flexibility index (Phi) is 3.32. The zero-order valence-corrected chi connectivity index (χ0v) is 10.5. The van der Waals surface area contributed by atoms with Crippen molar-refractivity contribution >= 4 is 11.3 Å². The Morgan fingerprint density at radius 1 is 1.36 bits per heavy atom. The maximum absolute atomic E-state index is 6.13. The molecule has 2 N–H and O–H groups in total. The first-order chi connectivity index (χ1) is 6.32. The van der Waals surface area contributed by atoms with E-state index in [1.807, 2.05) is 0 Å². The normalized spacial score (nSPS) is 14.8. The van der Waals surface area contributed by atoms with Crippen LogP contribution in [0, 0.1) is 5.41 Å². The molecule has 0 aromatic carbocycles. The van der Waals surface area contributed by atoms with Gasteiger partial charge in [-0.1, -0.05) is 34.6 Å². The van der Waals surface area contributed by atoms with E-state index < -0.39 is 0 Å². The number of thiazole rings is 1. The van der Waals surface area contributed by atoms with Gasteiger partial charge in [0.15, 0.2) is 0 Å². The van der Waals surface area contributed by atoms with Gasteiger partial charge in [0.05, 0.1) is 11.7 Å². The Hall–Kier alpha value is -0.410. The molecule has 0 bridgehead atoms. The Labute approximate surface area is 90.6 Å². The fourth-order valence-electron chi connectivity index (χ4n) is 1.08. The predicted molar refractivity (Wildman–Crippen MR) is 62.6 cm³/mol. The van der Waals surface area contributed by atoms with Crippen molar-refractivity contribution in [1.82, 2.24) is 4.98 Å². The van der Waals surface area contributed by atoms with Crippen LogP contribution in [-0.4, -0.2) is 4.98 Å². The summed E-state index contributed by atoms with van der Waals surface area (Å²) in [5.41, 5.74) is 7.38. The second kappa shape index (κ2) is 3.99. The van der Waals surface area contributed by atoms with Crippen molar-refractivity contribution in [2.75, 3.05) is 0 Å². The zero-order chi connectivity index (χ0) is 10.9. The van der Waals surface area contributed by atoms with E-state index in [0.717, 1.165) is 10.7 Å². The fourth-order valence-corrected chi connectivity index (χ4v) is 2.30. The minimum Gasteiger partial charge on any atom is -0.322 e. The third-order valence-electron chi connectivity index (χ3n) is 2.33. The van der Waals surface area contributed by atoms with E-state index in [-0.39, 0.29) is 11.5 Å². The second-order valence-electron chi connectivity index (χ2n) is 5.11. The molecular weight excluding hydrogens is 192 g/mol. The molecule has 14 heavy (non-hydrogen) atoms. The van der Waals surface area contributed by atoms with E-state index in [9.17, 15) is 0 Å². The molecular formula is C11H20N2S. The highest BCUT2D eigenvalue weighted by molar-refractivity contribution is 7.09. The largest absolute Gasteiger partial charge is 0.322 e. The third-order valence-corrected chi connectivity index (χ3v) is 3.28. The molecule has 0 aliphatic rings. The standard InChI is InChI=1S/C11H20N2S/c1-7(2)8-6-14-10(13-8)9(12)11(3,4)5/h6-7,9H,12H2,1-5H3. The van der Waals surface area contributed by atoms with Gasteiger partial charge in [-0.05, 0) is 11.3 Å². The molecule has 0 saturated heterocycles. The van der Waals surface area contributed by atoms with Crippen molar-refractivity contribution in [3.63, 3.8) is 0 Å². The Balaban J connectivity index is 2.87. The Bertz CT molecular complexity index is 296. The van der Waals surface area contributed by atoms with Gasteiger partial charge >= 0.3 is 0 Å². The van der Waals surface area contributed by atoms with Crippen LogP contribution in [0.3, 0.4) is 0 Å². The summed E-state index contributed by atoms with van der Waals surface area (Å²) in [6.07, 6.45) is 0. The smallest absolute Gasteiger partial charge is 0.110 e. The van der Waals surface area contributed by atoms with Gasteiger partial charge < -0.3 is 5.73 Å². The minimum atomic E-state index is 0.0417. The van der Waals surface area contributed by atoms with Crippen LogP contribution in [0.25, 0.3) is 0 Å². The fraction of sp³-hybridized carbons (Fsp3) is 0.727. The molecule has 0 aliphatic heterocycles. The van der Waals surface area contributed by atoms with Crippen LogP contribution >= 0.6 is 11.3 Å². The maximum Gasteiger partial charge on any atom is 0.110 e. The molecule has 0 aliphatic carbocycles. The van der Waals surface area contributed by atoms with E-state index in [1.54, 1.807) is 11.3 Å². The number of hydrogen-bond donors (Lipinski definition) is 1. The maximum atomic E-state index is 6.13. The van der Waals surface area contributed by atoms with E-state index in [4.69, 9.17) is 5.73 Å². The monoisotopic (exact) mass is 212 g/mol. The summed E-state index contributed by atoms with van der Waals surface area (Å²) in [5, 5.41) is 3.17. The number of hydrogen-bond acceptors (Lipinski definition) is 3. The van der Waals surface area contributed by atoms with Crippen molar-refractivity contribution in [1.29, 1.82) is 0 Å². The first-order valence-electron chi connectivity index (χ1n) is 5.03. The number of nitrogens with two attached hydrogens (primary N) is 1. The lowest BCUT2D eigenvalue weighted by atomic mass is 9.88. The molecule has 1 aromatic heterocycles. The van der Waals surface area contributed by atoms with Gasteiger partial charge in [-0.15, -0.1) is 11.3 Å². The molecule has 1 unspecified atom stereocenters. The highest BCUT2D eigenvalue weighted by atomic mass is 32.1. The molecule has 2 nitrogen and oxygen atoms in total. The van der Waals surface area contributed by atoms with Gasteiger partial charge in [0.25, 0.3) is 0 Å². The zero-order valence-electron chi connectivity index (χ0n) is 9.66. The number of aromatic nitrogens is 1. The third kappa shape index (κ3) is 2.55. The van der Waals surface area contributed by atoms with Crippen molar-refractivity contribution in [3.8, 4) is 0 Å². The molecule has 0 spiro atoms. The molecule has 0 fully saturated rings. The summed E-state index contributed by atoms with van der Waals surface area (Å²) in [5.74, 6) is 0.493. The van der Waals surface area contributed by atoms with Gasteiger partial charge in [-0.2, -0.15) is 0 Å². The van der Waals surface area contributed by atoms with Crippen LogP contribution in [0.2, 0.25) is 0 Å². The van der Waals surface area contributed by atoms with Gasteiger partial charge in [-0.25, -0.2) is 4.98 Å². The van der Waals surface area contributed by atoms with Crippen LogP contribution < -0.4 is 5.73 Å². The lowest BCUT2D eigenvalue weighted by Gasteiger charge is -2.24. The van der Waals surface area contributed by atoms with Crippen LogP contribution in [0.1, 0.15) is 57.3 Å². The van der Waals surface area contributed by atoms with Crippen LogP contribution in [0.5, 0.6) is 0 Å². The van der Waals surface area contributed by atoms with E-state index >= 15 is 0 Å². The van der Waals surface area contributed by atoms with Crippen LogP contribution in [-0.2, 0) is 0 Å². The average Bonchev–Trinajstić information content (AvgIpc) is 2.48. The molecule has 1 heterocycles. The minimum absolute atomic E-state index is 0.0417. The van der Waals surface area contributed by atoms with E-state index in [1.165, 1.54) is 0 Å². The van der Waals surface area contributed by atoms with Crippen molar-refractivity contribution in [2.45, 2.75) is 46.6 Å². The number of rotatable bonds is 2. The summed E-state index contributed by atoms with van der Waals surface area (Å²) < 4.78 is 0. The van der Waals surface area contributed by atoms with Crippen LogP contribution in [0.4, 0.5) is 0 Å². The van der Waals surface area contributed by atoms with Gasteiger partial charge in [0.2, 0.25) is 0 Å². The summed E-state index contributed by atoms with van der Waals surface area (Å²) in [7, 11) is 0. The van der Waals surface area contributed by atoms with Gasteiger partial charge in [-0.3, -0.25) is 0 Å². The second-order valence-corrected chi connectivity index (χ2v) is 6.00. The van der Waals surface area contributed by atoms with E-state index in [0.29, 0.717) is 5.92 Å². The summed E-state index contributed by atoms with van der Waals surface area (Å²) >= 11 is 1.68. The average molecular weight is 212 g/mol. The van der Waals surface area contributed by atoms with Crippen molar-refractivity contribution in [2.24, 2.45) is 11.1 Å². The lowest BCUT2D eigenvalue weighted by molar-refractivity contribution is 0.326. The van der Waals surface area contributed by atoms with Crippen molar-refractivity contribution < 1.29 is 0 Å². The van der Waals surface area contributed by atoms with Crippen LogP contribution in [0.15, 0.2) is 5.38 Å². The SMILES string of the molecule is CC(C)c1csc(C(N)C(C)(C)C)n1. The Morgan fingerprint density at radius 3 is 2.29 bits per heavy atom. The molecule has 3 heteroatoms. The summed E-state index contributed by atoms with van der Waals surface area (Å²) in [6.45, 7) is 10.7. The molecule has 0 saturated carbocycles. The summed E-state index contributed by atoms with van der Waals surface area (Å²) in [4.78, 5) is 4.57. The lowest BCUT2D eigenvalue weighted by Crippen LogP contribution is -2.26. The Morgan fingerprint density at radius 2 is 1.93 bits per heavy atom. The van der Waals surface area contributed by atoms with Gasteiger partial charge in [0, 0.05) is 5.38 Å². The van der Waals surface area contributed by atoms with Gasteiger partial charge in [0.1, 0.15) is 5.01 Å². The quantitative estimate of drug-likeness (QED) is 0.817. The molecule has 0 amide bonds. The summed E-state index contributed by atoms with van der Waals surface area (Å²) in [6, 6.07) is 0.0417. The predicted octanol–water partition coefficient (Wildman–Crippen LogP) is 3.31. The highest BCUT2D eigenvalue weighted by Crippen LogP contribution is 2.33. The molecule has 80 valence electrons. The first-order valence-corrected chi connectivity index (χ1v) is 5.91. The van der Waals surface area contributed by atoms with Crippen molar-refractivity contribution in [3.05, 3.63) is 16.1 Å². The highest BCUT2D eigenvalue weighted by Gasteiger charge is 2.25. The molecule has 1 rings (SSSR count).